The number of nitrogens with two attached hydrogens (primary N) is 1. The van der Waals surface area contributed by atoms with E-state index in [9.17, 15) is 8.42 Å². The normalized spacial score (nSPS) is 23.1. The molecule has 1 aliphatic carbocycles. The van der Waals surface area contributed by atoms with Crippen molar-refractivity contribution in [3.63, 3.8) is 0 Å². The highest BCUT2D eigenvalue weighted by molar-refractivity contribution is 7.89. The molecule has 2 unspecified atom stereocenters. The Morgan fingerprint density at radius 1 is 1.33 bits per heavy atom. The van der Waals surface area contributed by atoms with Crippen LogP contribution >= 0.6 is 0 Å². The third-order valence-corrected chi connectivity index (χ3v) is 5.30. The van der Waals surface area contributed by atoms with E-state index in [4.69, 9.17) is 5.73 Å². The van der Waals surface area contributed by atoms with Gasteiger partial charge in [-0.05, 0) is 49.4 Å². The fourth-order valence-corrected chi connectivity index (χ4v) is 4.28. The van der Waals surface area contributed by atoms with Crippen LogP contribution in [0.1, 0.15) is 30.9 Å². The molecule has 0 spiro atoms. The average Bonchev–Trinajstić information content (AvgIpc) is 2.92. The Kier molecular flexibility index (Phi) is 3.38. The molecule has 0 radical (unpaired) electrons. The molecule has 1 saturated carbocycles. The highest BCUT2D eigenvalue weighted by Crippen LogP contribution is 2.35. The van der Waals surface area contributed by atoms with Crippen LogP contribution in [0.2, 0.25) is 0 Å². The van der Waals surface area contributed by atoms with E-state index in [2.05, 4.69) is 11.6 Å². The minimum atomic E-state index is -3.42. The van der Waals surface area contributed by atoms with Crippen molar-refractivity contribution in [3.8, 4) is 0 Å². The number of hydrogen-bond donors (Lipinski definition) is 2. The van der Waals surface area contributed by atoms with E-state index in [-0.39, 0.29) is 6.04 Å². The molecule has 5 heteroatoms. The van der Waals surface area contributed by atoms with Crippen LogP contribution in [-0.4, -0.2) is 14.5 Å². The Balaban J connectivity index is 2.30. The molecular formula is C13H20N2O2S. The number of aryl methyl sites for hydroxylation is 2. The van der Waals surface area contributed by atoms with Gasteiger partial charge in [0.05, 0.1) is 4.90 Å². The third kappa shape index (κ3) is 2.52. The van der Waals surface area contributed by atoms with E-state index in [1.165, 1.54) is 0 Å². The van der Waals surface area contributed by atoms with Gasteiger partial charge in [-0.2, -0.15) is 0 Å². The zero-order valence-electron chi connectivity index (χ0n) is 11.0. The molecule has 1 aromatic rings. The van der Waals surface area contributed by atoms with Crippen molar-refractivity contribution >= 4 is 15.7 Å². The Hall–Kier alpha value is -1.07. The molecule has 1 fully saturated rings. The van der Waals surface area contributed by atoms with Crippen LogP contribution in [0.15, 0.2) is 17.0 Å². The van der Waals surface area contributed by atoms with Gasteiger partial charge in [0, 0.05) is 11.7 Å². The lowest BCUT2D eigenvalue weighted by Gasteiger charge is -2.12. The Labute approximate surface area is 109 Å². The van der Waals surface area contributed by atoms with E-state index >= 15 is 0 Å². The van der Waals surface area contributed by atoms with Gasteiger partial charge in [-0.3, -0.25) is 0 Å². The molecule has 2 rings (SSSR count). The zero-order valence-corrected chi connectivity index (χ0v) is 11.8. The fraction of sp³-hybridized carbons (Fsp3) is 0.538. The minimum Gasteiger partial charge on any atom is -0.399 e. The highest BCUT2D eigenvalue weighted by atomic mass is 32.2. The molecule has 1 aliphatic rings. The van der Waals surface area contributed by atoms with Crippen LogP contribution in [0.5, 0.6) is 0 Å². The molecule has 18 heavy (non-hydrogen) atoms. The maximum absolute atomic E-state index is 12.3. The monoisotopic (exact) mass is 268 g/mol. The highest BCUT2D eigenvalue weighted by Gasteiger charge is 2.39. The topological polar surface area (TPSA) is 72.2 Å². The second kappa shape index (κ2) is 4.55. The first-order valence-electron chi connectivity index (χ1n) is 6.24. The summed E-state index contributed by atoms with van der Waals surface area (Å²) in [5, 5.41) is 0. The number of nitrogen functional groups attached to an aromatic ring is 1. The van der Waals surface area contributed by atoms with Crippen LogP contribution in [0, 0.1) is 19.8 Å². The molecule has 0 heterocycles. The molecule has 0 aromatic heterocycles. The first kappa shape index (κ1) is 13.4. The molecular weight excluding hydrogens is 248 g/mol. The lowest BCUT2D eigenvalue weighted by atomic mass is 10.1. The van der Waals surface area contributed by atoms with Crippen LogP contribution in [-0.2, 0) is 10.0 Å². The summed E-state index contributed by atoms with van der Waals surface area (Å²) in [7, 11) is -3.42. The Morgan fingerprint density at radius 2 is 1.89 bits per heavy atom. The SMILES string of the molecule is CCC1CC1NS(=O)(=O)c1c(C)cc(N)cc1C. The van der Waals surface area contributed by atoms with Crippen LogP contribution in [0.4, 0.5) is 5.69 Å². The fourth-order valence-electron chi connectivity index (χ4n) is 2.51. The average molecular weight is 268 g/mol. The van der Waals surface area contributed by atoms with E-state index in [1.54, 1.807) is 26.0 Å². The van der Waals surface area contributed by atoms with Crippen molar-refractivity contribution in [2.45, 2.75) is 44.6 Å². The summed E-state index contributed by atoms with van der Waals surface area (Å²) in [5.41, 5.74) is 7.72. The summed E-state index contributed by atoms with van der Waals surface area (Å²) < 4.78 is 27.5. The van der Waals surface area contributed by atoms with Gasteiger partial charge in [0.1, 0.15) is 0 Å². The van der Waals surface area contributed by atoms with Crippen LogP contribution in [0.3, 0.4) is 0 Å². The van der Waals surface area contributed by atoms with Gasteiger partial charge >= 0.3 is 0 Å². The van der Waals surface area contributed by atoms with Gasteiger partial charge in [0.25, 0.3) is 0 Å². The largest absolute Gasteiger partial charge is 0.399 e. The number of rotatable bonds is 4. The van der Waals surface area contributed by atoms with Crippen LogP contribution < -0.4 is 10.5 Å². The Morgan fingerprint density at radius 3 is 2.33 bits per heavy atom. The van der Waals surface area contributed by atoms with E-state index in [0.717, 1.165) is 12.8 Å². The maximum Gasteiger partial charge on any atom is 0.241 e. The van der Waals surface area contributed by atoms with Gasteiger partial charge in [0.15, 0.2) is 0 Å². The minimum absolute atomic E-state index is 0.108. The summed E-state index contributed by atoms with van der Waals surface area (Å²) in [6.45, 7) is 5.64. The lowest BCUT2D eigenvalue weighted by Crippen LogP contribution is -2.28. The second-order valence-corrected chi connectivity index (χ2v) is 6.77. The van der Waals surface area contributed by atoms with Gasteiger partial charge < -0.3 is 5.73 Å². The summed E-state index contributed by atoms with van der Waals surface area (Å²) in [6, 6.07) is 3.51. The van der Waals surface area contributed by atoms with Crippen molar-refractivity contribution < 1.29 is 8.42 Å². The van der Waals surface area contributed by atoms with Gasteiger partial charge in [-0.1, -0.05) is 13.3 Å². The maximum atomic E-state index is 12.3. The van der Waals surface area contributed by atoms with E-state index < -0.39 is 10.0 Å². The molecule has 3 N–H and O–H groups in total. The van der Waals surface area contributed by atoms with Gasteiger partial charge in [0.2, 0.25) is 10.0 Å². The van der Waals surface area contributed by atoms with Crippen molar-refractivity contribution in [2.75, 3.05) is 5.73 Å². The van der Waals surface area contributed by atoms with Crippen molar-refractivity contribution in [3.05, 3.63) is 23.3 Å². The number of benzene rings is 1. The number of sulfonamides is 1. The quantitative estimate of drug-likeness (QED) is 0.820. The van der Waals surface area contributed by atoms with Crippen LogP contribution in [0.25, 0.3) is 0 Å². The lowest BCUT2D eigenvalue weighted by molar-refractivity contribution is 0.574. The Bertz CT molecular complexity index is 543. The standard InChI is InChI=1S/C13H20N2O2S/c1-4-10-7-12(10)15-18(16,17)13-8(2)5-11(14)6-9(13)3/h5-6,10,12,15H,4,7,14H2,1-3H3. The first-order chi connectivity index (χ1) is 8.35. The van der Waals surface area contributed by atoms with E-state index in [0.29, 0.717) is 27.6 Å². The number of nitrogens with one attached hydrogen (secondary N) is 1. The molecule has 0 amide bonds. The summed E-state index contributed by atoms with van der Waals surface area (Å²) in [5.74, 6) is 0.495. The van der Waals surface area contributed by atoms with Crippen molar-refractivity contribution in [1.29, 1.82) is 0 Å². The summed E-state index contributed by atoms with van der Waals surface area (Å²) in [4.78, 5) is 0.374. The van der Waals surface area contributed by atoms with Gasteiger partial charge in [-0.25, -0.2) is 13.1 Å². The smallest absolute Gasteiger partial charge is 0.241 e. The summed E-state index contributed by atoms with van der Waals surface area (Å²) >= 11 is 0. The summed E-state index contributed by atoms with van der Waals surface area (Å²) in [6.07, 6.45) is 1.97. The molecule has 0 saturated heterocycles. The number of anilines is 1. The third-order valence-electron chi connectivity index (χ3n) is 3.50. The second-order valence-electron chi connectivity index (χ2n) is 5.12. The molecule has 1 aromatic carbocycles. The molecule has 0 aliphatic heterocycles. The van der Waals surface area contributed by atoms with Gasteiger partial charge in [-0.15, -0.1) is 0 Å². The molecule has 100 valence electrons. The predicted molar refractivity (Wildman–Crippen MR) is 72.8 cm³/mol. The van der Waals surface area contributed by atoms with E-state index in [1.807, 2.05) is 0 Å². The molecule has 4 nitrogen and oxygen atoms in total. The molecule has 0 bridgehead atoms. The number of hydrogen-bond acceptors (Lipinski definition) is 3. The molecule has 2 atom stereocenters. The van der Waals surface area contributed by atoms with Crippen molar-refractivity contribution in [1.82, 2.24) is 4.72 Å². The first-order valence-corrected chi connectivity index (χ1v) is 7.72. The van der Waals surface area contributed by atoms with Crippen molar-refractivity contribution in [2.24, 2.45) is 5.92 Å². The predicted octanol–water partition coefficient (Wildman–Crippen LogP) is 1.96. The zero-order chi connectivity index (χ0) is 13.5.